The fraction of sp³-hybridized carbons (Fsp3) is 0.500. The number of amides is 1. The minimum absolute atomic E-state index is 0.0889. The van der Waals surface area contributed by atoms with Gasteiger partial charge in [-0.1, -0.05) is 6.42 Å². The van der Waals surface area contributed by atoms with Crippen LogP contribution in [0.5, 0.6) is 0 Å². The van der Waals surface area contributed by atoms with E-state index in [0.717, 1.165) is 17.7 Å². The van der Waals surface area contributed by atoms with Crippen molar-refractivity contribution in [1.82, 2.24) is 20.1 Å². The van der Waals surface area contributed by atoms with Crippen molar-refractivity contribution in [2.24, 2.45) is 13.0 Å². The fourth-order valence-electron chi connectivity index (χ4n) is 2.80. The molecule has 0 radical (unpaired) electrons. The van der Waals surface area contributed by atoms with Crippen molar-refractivity contribution < 1.29 is 9.53 Å². The lowest BCUT2D eigenvalue weighted by Gasteiger charge is -2.25. The largest absolute Gasteiger partial charge is 0.383 e. The molecule has 7 heteroatoms. The van der Waals surface area contributed by atoms with Crippen LogP contribution in [0.3, 0.4) is 0 Å². The van der Waals surface area contributed by atoms with Crippen LogP contribution in [-0.2, 0) is 11.8 Å². The second-order valence-electron chi connectivity index (χ2n) is 6.77. The molecule has 0 saturated heterocycles. The number of pyridine rings is 1. The SMILES string of the molecule is C[C@H](COCC1CCC1)NC(=O)c1cc(-c2cnn(C)c2)cnc1N. The summed E-state index contributed by atoms with van der Waals surface area (Å²) in [5, 5.41) is 7.06. The minimum atomic E-state index is -0.240. The summed E-state index contributed by atoms with van der Waals surface area (Å²) in [4.78, 5) is 16.7. The molecule has 3 N–H and O–H groups in total. The molecule has 134 valence electrons. The van der Waals surface area contributed by atoms with Gasteiger partial charge >= 0.3 is 0 Å². The van der Waals surface area contributed by atoms with E-state index in [1.807, 2.05) is 20.2 Å². The van der Waals surface area contributed by atoms with Gasteiger partial charge in [0.15, 0.2) is 0 Å². The van der Waals surface area contributed by atoms with Crippen LogP contribution in [0.4, 0.5) is 5.82 Å². The number of anilines is 1. The van der Waals surface area contributed by atoms with Crippen molar-refractivity contribution in [3.05, 3.63) is 30.2 Å². The molecule has 25 heavy (non-hydrogen) atoms. The number of carbonyl (C=O) groups excluding carboxylic acids is 1. The second-order valence-corrected chi connectivity index (χ2v) is 6.77. The normalized spacial score (nSPS) is 15.6. The highest BCUT2D eigenvalue weighted by Crippen LogP contribution is 2.26. The van der Waals surface area contributed by atoms with Crippen LogP contribution in [0.2, 0.25) is 0 Å². The molecule has 2 heterocycles. The Kier molecular flexibility index (Phi) is 5.33. The maximum absolute atomic E-state index is 12.5. The molecule has 0 unspecified atom stereocenters. The van der Waals surface area contributed by atoms with E-state index < -0.39 is 0 Å². The van der Waals surface area contributed by atoms with Crippen molar-refractivity contribution in [2.45, 2.75) is 32.2 Å². The smallest absolute Gasteiger partial charge is 0.255 e. The molecule has 0 bridgehead atoms. The zero-order valence-corrected chi connectivity index (χ0v) is 14.7. The molecule has 1 aliphatic rings. The van der Waals surface area contributed by atoms with Crippen molar-refractivity contribution in [1.29, 1.82) is 0 Å². The van der Waals surface area contributed by atoms with Crippen LogP contribution in [-0.4, -0.2) is 39.9 Å². The van der Waals surface area contributed by atoms with Gasteiger partial charge in [-0.3, -0.25) is 9.48 Å². The van der Waals surface area contributed by atoms with Crippen LogP contribution in [0, 0.1) is 5.92 Å². The second kappa shape index (κ2) is 7.65. The Morgan fingerprint density at radius 1 is 1.44 bits per heavy atom. The molecule has 2 aromatic heterocycles. The lowest BCUT2D eigenvalue weighted by Crippen LogP contribution is -2.37. The van der Waals surface area contributed by atoms with Gasteiger partial charge in [-0.15, -0.1) is 0 Å². The van der Waals surface area contributed by atoms with E-state index in [-0.39, 0.29) is 17.8 Å². The average Bonchev–Trinajstić information content (AvgIpc) is 2.96. The molecule has 1 amide bonds. The molecule has 2 aromatic rings. The summed E-state index contributed by atoms with van der Waals surface area (Å²) < 4.78 is 7.39. The van der Waals surface area contributed by atoms with Crippen molar-refractivity contribution >= 4 is 11.7 Å². The first-order valence-corrected chi connectivity index (χ1v) is 8.66. The van der Waals surface area contributed by atoms with Gasteiger partial charge in [-0.25, -0.2) is 4.98 Å². The summed E-state index contributed by atoms with van der Waals surface area (Å²) >= 11 is 0. The Morgan fingerprint density at radius 2 is 2.24 bits per heavy atom. The first-order chi connectivity index (χ1) is 12.0. The number of nitrogens with two attached hydrogens (primary N) is 1. The number of nitrogens with one attached hydrogen (secondary N) is 1. The van der Waals surface area contributed by atoms with E-state index >= 15 is 0 Å². The topological polar surface area (TPSA) is 95.1 Å². The summed E-state index contributed by atoms with van der Waals surface area (Å²) in [6, 6.07) is 1.66. The number of rotatable bonds is 7. The molecular formula is C18H25N5O2. The summed E-state index contributed by atoms with van der Waals surface area (Å²) in [6.07, 6.45) is 9.06. The lowest BCUT2D eigenvalue weighted by atomic mass is 9.86. The number of ether oxygens (including phenoxy) is 1. The van der Waals surface area contributed by atoms with Gasteiger partial charge in [-0.05, 0) is 31.7 Å². The average molecular weight is 343 g/mol. The van der Waals surface area contributed by atoms with Crippen molar-refractivity contribution in [2.75, 3.05) is 18.9 Å². The van der Waals surface area contributed by atoms with Gasteiger partial charge < -0.3 is 15.8 Å². The first kappa shape index (κ1) is 17.4. The van der Waals surface area contributed by atoms with E-state index in [1.165, 1.54) is 19.3 Å². The van der Waals surface area contributed by atoms with Crippen LogP contribution >= 0.6 is 0 Å². The van der Waals surface area contributed by atoms with Crippen LogP contribution in [0.15, 0.2) is 24.7 Å². The Bertz CT molecular complexity index is 739. The summed E-state index contributed by atoms with van der Waals surface area (Å²) in [5.74, 6) is 0.669. The zero-order valence-electron chi connectivity index (χ0n) is 14.7. The summed E-state index contributed by atoms with van der Waals surface area (Å²) in [6.45, 7) is 3.20. The molecular weight excluding hydrogens is 318 g/mol. The van der Waals surface area contributed by atoms with E-state index in [0.29, 0.717) is 18.1 Å². The van der Waals surface area contributed by atoms with Gasteiger partial charge in [0.25, 0.3) is 5.91 Å². The molecule has 3 rings (SSSR count). The maximum Gasteiger partial charge on any atom is 0.255 e. The molecule has 7 nitrogen and oxygen atoms in total. The van der Waals surface area contributed by atoms with E-state index in [1.54, 1.807) is 23.1 Å². The predicted molar refractivity (Wildman–Crippen MR) is 95.9 cm³/mol. The highest BCUT2D eigenvalue weighted by atomic mass is 16.5. The molecule has 1 atom stereocenters. The van der Waals surface area contributed by atoms with E-state index in [4.69, 9.17) is 10.5 Å². The van der Waals surface area contributed by atoms with Crippen LogP contribution in [0.1, 0.15) is 36.5 Å². The van der Waals surface area contributed by atoms with Gasteiger partial charge in [0.05, 0.1) is 18.4 Å². The highest BCUT2D eigenvalue weighted by molar-refractivity contribution is 5.99. The molecule has 1 fully saturated rings. The zero-order chi connectivity index (χ0) is 17.8. The van der Waals surface area contributed by atoms with Gasteiger partial charge in [0.1, 0.15) is 5.82 Å². The number of nitrogens with zero attached hydrogens (tertiary/aromatic N) is 3. The quantitative estimate of drug-likeness (QED) is 0.802. The Hall–Kier alpha value is -2.41. The minimum Gasteiger partial charge on any atom is -0.383 e. The number of hydrogen-bond acceptors (Lipinski definition) is 5. The number of aryl methyl sites for hydroxylation is 1. The van der Waals surface area contributed by atoms with Gasteiger partial charge in [0, 0.05) is 43.2 Å². The summed E-state index contributed by atoms with van der Waals surface area (Å²) in [5.41, 5.74) is 7.96. The lowest BCUT2D eigenvalue weighted by molar-refractivity contribution is 0.0562. The number of nitrogen functional groups attached to an aromatic ring is 1. The van der Waals surface area contributed by atoms with E-state index in [2.05, 4.69) is 15.4 Å². The van der Waals surface area contributed by atoms with Gasteiger partial charge in [-0.2, -0.15) is 5.10 Å². The Balaban J connectivity index is 1.60. The number of aromatic nitrogens is 3. The monoisotopic (exact) mass is 343 g/mol. The molecule has 1 aliphatic carbocycles. The number of carbonyl (C=O) groups is 1. The van der Waals surface area contributed by atoms with E-state index in [9.17, 15) is 4.79 Å². The highest BCUT2D eigenvalue weighted by Gasteiger charge is 2.19. The van der Waals surface area contributed by atoms with Crippen molar-refractivity contribution in [3.63, 3.8) is 0 Å². The third-order valence-electron chi connectivity index (χ3n) is 4.52. The Morgan fingerprint density at radius 3 is 2.88 bits per heavy atom. The third-order valence-corrected chi connectivity index (χ3v) is 4.52. The van der Waals surface area contributed by atoms with Crippen LogP contribution < -0.4 is 11.1 Å². The standard InChI is InChI=1S/C18H25N5O2/c1-12(10-25-11-13-4-3-5-13)22-18(24)16-6-14(7-20-17(16)19)15-8-21-23(2)9-15/h6-9,12-13H,3-5,10-11H2,1-2H3,(H2,19,20)(H,22,24)/t12-/m1/s1. The Labute approximate surface area is 147 Å². The number of hydrogen-bond donors (Lipinski definition) is 2. The van der Waals surface area contributed by atoms with Crippen LogP contribution in [0.25, 0.3) is 11.1 Å². The fourth-order valence-corrected chi connectivity index (χ4v) is 2.80. The molecule has 0 aliphatic heterocycles. The van der Waals surface area contributed by atoms with Gasteiger partial charge in [0.2, 0.25) is 0 Å². The van der Waals surface area contributed by atoms with Crippen molar-refractivity contribution in [3.8, 4) is 11.1 Å². The predicted octanol–water partition coefficient (Wildman–Crippen LogP) is 2.00. The molecule has 0 aromatic carbocycles. The maximum atomic E-state index is 12.5. The third kappa shape index (κ3) is 4.36. The first-order valence-electron chi connectivity index (χ1n) is 8.66. The molecule has 0 spiro atoms. The summed E-state index contributed by atoms with van der Waals surface area (Å²) in [7, 11) is 1.84. The molecule has 1 saturated carbocycles.